The fourth-order valence-electron chi connectivity index (χ4n) is 0.591. The van der Waals surface area contributed by atoms with Gasteiger partial charge in [0.05, 0.1) is 0 Å². The summed E-state index contributed by atoms with van der Waals surface area (Å²) in [5.41, 5.74) is 1.30. The van der Waals surface area contributed by atoms with Crippen LogP contribution < -0.4 is 0 Å². The topological polar surface area (TPSA) is 0 Å². The van der Waals surface area contributed by atoms with Crippen molar-refractivity contribution in [3.8, 4) is 0 Å². The first-order valence-corrected chi connectivity index (χ1v) is 3.79. The second kappa shape index (κ2) is 13.0. The molecule has 0 aliphatic heterocycles. The van der Waals surface area contributed by atoms with Gasteiger partial charge >= 0.3 is 0 Å². The summed E-state index contributed by atoms with van der Waals surface area (Å²) in [4.78, 5) is 0. The van der Waals surface area contributed by atoms with Crippen molar-refractivity contribution in [3.05, 3.63) is 35.9 Å². The van der Waals surface area contributed by atoms with Gasteiger partial charge in [0.25, 0.3) is 0 Å². The van der Waals surface area contributed by atoms with E-state index in [0.29, 0.717) is 0 Å². The normalized spacial score (nSPS) is 6.58. The van der Waals surface area contributed by atoms with Crippen LogP contribution in [0.2, 0.25) is 0 Å². The molecule has 0 amide bonds. The van der Waals surface area contributed by atoms with Crippen LogP contribution in [-0.4, -0.2) is 0 Å². The van der Waals surface area contributed by atoms with Gasteiger partial charge in [0.15, 0.2) is 0 Å². The molecule has 1 aromatic carbocycles. The summed E-state index contributed by atoms with van der Waals surface area (Å²) < 4.78 is 0. The van der Waals surface area contributed by atoms with Crippen molar-refractivity contribution in [1.82, 2.24) is 0 Å². The Morgan fingerprint density at radius 2 is 1.58 bits per heavy atom. The predicted molar refractivity (Wildman–Crippen MR) is 44.8 cm³/mol. The van der Waals surface area contributed by atoms with Crippen molar-refractivity contribution in [2.45, 2.75) is 27.2 Å². The first-order chi connectivity index (χ1) is 4.93. The average Bonchev–Trinajstić information content (AvgIpc) is 2.10. The maximum Gasteiger partial charge on any atom is 0 e. The van der Waals surface area contributed by atoms with E-state index in [4.69, 9.17) is 0 Å². The van der Waals surface area contributed by atoms with Crippen LogP contribution in [0, 0.1) is 12.1 Å². The molecule has 0 bridgehead atoms. The molecule has 2 heteroatoms. The molecular formula is C10H14RfY-2. The van der Waals surface area contributed by atoms with Crippen LogP contribution >= 0.6 is 0 Å². The maximum absolute atomic E-state index is 2.96. The van der Waals surface area contributed by atoms with E-state index in [-0.39, 0.29) is 32.7 Å². The third-order valence-corrected chi connectivity index (χ3v) is 1.11. The number of hydrogen-bond donors (Lipinski definition) is 0. The zero-order valence-corrected chi connectivity index (χ0v) is 17.5. The van der Waals surface area contributed by atoms with Gasteiger partial charge in [0.1, 0.15) is 0 Å². The molecule has 0 nitrogen and oxygen atoms in total. The maximum atomic E-state index is 2.96. The van der Waals surface area contributed by atoms with E-state index in [2.05, 4.69) is 19.1 Å². The molecule has 0 saturated carbocycles. The molecule has 61 valence electrons. The fourth-order valence-corrected chi connectivity index (χ4v) is 0.591. The van der Waals surface area contributed by atoms with E-state index in [1.807, 2.05) is 26.0 Å². The average molecular weight is 490 g/mol. The molecule has 0 N–H and O–H groups in total. The Kier molecular flexibility index (Phi) is 18.8. The van der Waals surface area contributed by atoms with Gasteiger partial charge in [-0.2, -0.15) is 0 Å². The third-order valence-electron chi connectivity index (χ3n) is 1.11. The molecule has 0 aromatic heterocycles. The van der Waals surface area contributed by atoms with Crippen molar-refractivity contribution in [1.29, 1.82) is 0 Å². The molecule has 0 heterocycles. The van der Waals surface area contributed by atoms with Gasteiger partial charge in [-0.3, -0.25) is 17.7 Å². The second-order valence-electron chi connectivity index (χ2n) is 1.69. The Bertz CT molecular complexity index is 151. The summed E-state index contributed by atoms with van der Waals surface area (Å²) in [6, 6.07) is 11.7. The van der Waals surface area contributed by atoms with Crippen LogP contribution in [0.15, 0.2) is 18.2 Å². The van der Waals surface area contributed by atoms with Gasteiger partial charge in [-0.25, -0.2) is 0 Å². The van der Waals surface area contributed by atoms with Crippen LogP contribution in [0.5, 0.6) is 0 Å². The first-order valence-electron chi connectivity index (χ1n) is 3.79. The minimum Gasteiger partial charge on any atom is -0.359 e. The summed E-state index contributed by atoms with van der Waals surface area (Å²) in [7, 11) is 0. The van der Waals surface area contributed by atoms with E-state index < -0.39 is 0 Å². The molecule has 1 radical (unpaired) electrons. The zero-order chi connectivity index (χ0) is 7.82. The third kappa shape index (κ3) is 7.43. The monoisotopic (exact) mass is 490 g/mol. The van der Waals surface area contributed by atoms with E-state index in [0.717, 1.165) is 6.42 Å². The van der Waals surface area contributed by atoms with Crippen LogP contribution in [0.4, 0.5) is 0 Å². The molecular weight excluding hydrogens is 476 g/mol. The molecule has 0 fully saturated rings. The van der Waals surface area contributed by atoms with E-state index in [1.54, 1.807) is 6.07 Å². The minimum atomic E-state index is 0. The molecule has 0 aliphatic carbocycles. The van der Waals surface area contributed by atoms with E-state index in [1.165, 1.54) is 5.56 Å². The Hall–Kier alpha value is -0.676. The molecule has 1 aromatic rings. The molecule has 0 atom stereocenters. The zero-order valence-electron chi connectivity index (χ0n) is 8.22. The van der Waals surface area contributed by atoms with Crippen molar-refractivity contribution in [3.63, 3.8) is 0 Å². The molecule has 0 saturated heterocycles. The minimum absolute atomic E-state index is 0. The second-order valence-corrected chi connectivity index (χ2v) is 1.69. The number of hydrogen-bond acceptors (Lipinski definition) is 0. The predicted octanol–water partition coefficient (Wildman–Crippen LogP) is 2.87. The van der Waals surface area contributed by atoms with Crippen LogP contribution in [0.3, 0.4) is 0 Å². The first kappa shape index (κ1) is 17.4. The van der Waals surface area contributed by atoms with Gasteiger partial charge in [0.2, 0.25) is 0 Å². The summed E-state index contributed by atoms with van der Waals surface area (Å²) in [5.74, 6) is 0. The molecule has 0 aliphatic rings. The Balaban J connectivity index is -0.000000189. The standard InChI is InChI=1S/C8H8.C2H6.Rf.Y/c1-2-8-6-4-3-5-7-8;1-2;;/h3,6-7H,2H2,1H3;1-2H3;;/q-2;;;. The Labute approximate surface area is 95.3 Å². The summed E-state index contributed by atoms with van der Waals surface area (Å²) in [6.45, 7) is 6.12. The fraction of sp³-hybridized carbons (Fsp3) is 0.400. The van der Waals surface area contributed by atoms with Gasteiger partial charge in [0, 0.05) is 32.7 Å². The van der Waals surface area contributed by atoms with Gasteiger partial charge in [-0.1, -0.05) is 20.8 Å². The number of rotatable bonds is 1. The van der Waals surface area contributed by atoms with Crippen LogP contribution in [0.25, 0.3) is 0 Å². The molecule has 0 spiro atoms. The van der Waals surface area contributed by atoms with E-state index in [9.17, 15) is 0 Å². The smallest absolute Gasteiger partial charge is 0 e. The number of aryl methyl sites for hydroxylation is 1. The molecule has 0 unspecified atom stereocenters. The number of benzene rings is 1. The van der Waals surface area contributed by atoms with Crippen molar-refractivity contribution in [2.24, 2.45) is 0 Å². The summed E-state index contributed by atoms with van der Waals surface area (Å²) in [5, 5.41) is 0. The van der Waals surface area contributed by atoms with Crippen molar-refractivity contribution in [2.75, 3.05) is 0 Å². The van der Waals surface area contributed by atoms with Crippen molar-refractivity contribution < 1.29 is 32.7 Å². The Morgan fingerprint density at radius 1 is 1.17 bits per heavy atom. The van der Waals surface area contributed by atoms with Crippen LogP contribution in [-0.2, 0) is 39.1 Å². The van der Waals surface area contributed by atoms with Gasteiger partial charge in [-0.15, -0.1) is 6.42 Å². The summed E-state index contributed by atoms with van der Waals surface area (Å²) >= 11 is 0. The molecule has 12 heavy (non-hydrogen) atoms. The van der Waals surface area contributed by atoms with Crippen molar-refractivity contribution >= 4 is 0 Å². The van der Waals surface area contributed by atoms with E-state index >= 15 is 0 Å². The SMILES string of the molecule is CC.CCc1c[c-]c[c-]c1.[Rf].[Y]. The summed E-state index contributed by atoms with van der Waals surface area (Å²) in [6.07, 6.45) is 1.08. The van der Waals surface area contributed by atoms with Crippen LogP contribution in [0.1, 0.15) is 26.3 Å². The van der Waals surface area contributed by atoms with Gasteiger partial charge in [-0.05, 0) is 0 Å². The quantitative estimate of drug-likeness (QED) is 0.532. The van der Waals surface area contributed by atoms with Gasteiger partial charge < -0.3 is 18.2 Å². The molecule has 1 rings (SSSR count). The Morgan fingerprint density at radius 3 is 1.83 bits per heavy atom. The largest absolute Gasteiger partial charge is 0.359 e.